The summed E-state index contributed by atoms with van der Waals surface area (Å²) in [4.78, 5) is 0. The summed E-state index contributed by atoms with van der Waals surface area (Å²) in [7, 11) is 0. The van der Waals surface area contributed by atoms with Gasteiger partial charge in [0.05, 0.1) is 6.10 Å². The van der Waals surface area contributed by atoms with Crippen LogP contribution in [0.4, 0.5) is 0 Å². The molecule has 1 heteroatoms. The van der Waals surface area contributed by atoms with Gasteiger partial charge in [0.15, 0.2) is 0 Å². The molecule has 0 aliphatic heterocycles. The van der Waals surface area contributed by atoms with Crippen molar-refractivity contribution in [3.8, 4) is 0 Å². The van der Waals surface area contributed by atoms with Crippen molar-refractivity contribution in [1.82, 2.24) is 0 Å². The second-order valence-corrected chi connectivity index (χ2v) is 14.7. The number of hydrogen-bond donors (Lipinski definition) is 1. The molecule has 0 saturated heterocycles. The molecule has 5 saturated carbocycles. The summed E-state index contributed by atoms with van der Waals surface area (Å²) >= 11 is 0. The van der Waals surface area contributed by atoms with Gasteiger partial charge >= 0.3 is 0 Å². The Balaban J connectivity index is 1.54. The summed E-state index contributed by atoms with van der Waals surface area (Å²) in [6.45, 7) is 22.3. The molecule has 0 bridgehead atoms. The van der Waals surface area contributed by atoms with E-state index in [1.807, 2.05) is 0 Å². The van der Waals surface area contributed by atoms with E-state index in [0.717, 1.165) is 30.1 Å². The minimum atomic E-state index is -0.118. The maximum absolute atomic E-state index is 10.9. The van der Waals surface area contributed by atoms with Crippen LogP contribution in [0.3, 0.4) is 0 Å². The van der Waals surface area contributed by atoms with Crippen molar-refractivity contribution in [1.29, 1.82) is 0 Å². The van der Waals surface area contributed by atoms with Gasteiger partial charge in [-0.05, 0) is 128 Å². The first-order chi connectivity index (χ1) is 14.3. The fourth-order valence-corrected chi connectivity index (χ4v) is 11.5. The summed E-state index contributed by atoms with van der Waals surface area (Å²) in [5, 5.41) is 10.9. The topological polar surface area (TPSA) is 20.2 Å². The lowest BCUT2D eigenvalue weighted by Gasteiger charge is -2.73. The number of aliphatic hydroxyl groups excluding tert-OH is 1. The van der Waals surface area contributed by atoms with Gasteiger partial charge in [0.25, 0.3) is 0 Å². The predicted molar refractivity (Wildman–Crippen MR) is 131 cm³/mol. The molecule has 1 N–H and O–H groups in total. The monoisotopic (exact) mass is 426 g/mol. The zero-order chi connectivity index (χ0) is 22.6. The molecule has 5 aliphatic carbocycles. The molecule has 0 aromatic carbocycles. The Morgan fingerprint density at radius 3 is 2.13 bits per heavy atom. The molecule has 1 nitrogen and oxygen atoms in total. The van der Waals surface area contributed by atoms with Gasteiger partial charge in [0.1, 0.15) is 0 Å². The predicted octanol–water partition coefficient (Wildman–Crippen LogP) is 8.02. The molecule has 0 radical (unpaired) electrons. The van der Waals surface area contributed by atoms with Crippen molar-refractivity contribution < 1.29 is 5.11 Å². The summed E-state index contributed by atoms with van der Waals surface area (Å²) in [5.74, 6) is 3.98. The van der Waals surface area contributed by atoms with Gasteiger partial charge in [-0.2, -0.15) is 0 Å². The van der Waals surface area contributed by atoms with E-state index >= 15 is 0 Å². The largest absolute Gasteiger partial charge is 0.393 e. The van der Waals surface area contributed by atoms with Crippen LogP contribution in [-0.2, 0) is 0 Å². The van der Waals surface area contributed by atoms with E-state index in [0.29, 0.717) is 27.6 Å². The number of rotatable bonds is 1. The smallest absolute Gasteiger partial charge is 0.0594 e. The summed E-state index contributed by atoms with van der Waals surface area (Å²) < 4.78 is 0. The van der Waals surface area contributed by atoms with Crippen molar-refractivity contribution in [3.63, 3.8) is 0 Å². The first-order valence-corrected chi connectivity index (χ1v) is 13.6. The van der Waals surface area contributed by atoms with Gasteiger partial charge in [-0.1, -0.05) is 53.7 Å². The third-order valence-electron chi connectivity index (χ3n) is 13.5. The molecular formula is C30H50O. The van der Waals surface area contributed by atoms with E-state index in [1.165, 1.54) is 63.4 Å². The molecular weight excluding hydrogens is 376 g/mol. The highest BCUT2D eigenvalue weighted by atomic mass is 16.3. The fraction of sp³-hybridized carbons (Fsp3) is 0.933. The highest BCUT2D eigenvalue weighted by Gasteiger charge is 2.70. The minimum Gasteiger partial charge on any atom is -0.393 e. The van der Waals surface area contributed by atoms with Crippen LogP contribution in [0, 0.1) is 56.7 Å². The van der Waals surface area contributed by atoms with Crippen LogP contribution in [0.25, 0.3) is 0 Å². The van der Waals surface area contributed by atoms with E-state index in [2.05, 4.69) is 55.0 Å². The average Bonchev–Trinajstić information content (AvgIpc) is 3.04. The highest BCUT2D eigenvalue weighted by Crippen LogP contribution is 2.77. The molecule has 5 rings (SSSR count). The van der Waals surface area contributed by atoms with Crippen LogP contribution < -0.4 is 0 Å². The van der Waals surface area contributed by atoms with Gasteiger partial charge in [-0.3, -0.25) is 0 Å². The molecule has 10 atom stereocenters. The maximum Gasteiger partial charge on any atom is 0.0594 e. The van der Waals surface area contributed by atoms with Crippen LogP contribution in [0.15, 0.2) is 12.2 Å². The molecule has 0 spiro atoms. The normalized spacial score (nSPS) is 57.9. The molecule has 0 aromatic heterocycles. The van der Waals surface area contributed by atoms with Crippen LogP contribution in [0.1, 0.15) is 113 Å². The van der Waals surface area contributed by atoms with Gasteiger partial charge in [0.2, 0.25) is 0 Å². The number of hydrogen-bond acceptors (Lipinski definition) is 1. The van der Waals surface area contributed by atoms with Gasteiger partial charge in [-0.25, -0.2) is 0 Å². The molecule has 9 unspecified atom stereocenters. The van der Waals surface area contributed by atoms with E-state index in [9.17, 15) is 5.11 Å². The van der Waals surface area contributed by atoms with E-state index in [4.69, 9.17) is 0 Å². The summed E-state index contributed by atoms with van der Waals surface area (Å²) in [5.41, 5.74) is 3.38. The zero-order valence-corrected chi connectivity index (χ0v) is 21.7. The lowest BCUT2D eigenvalue weighted by Crippen LogP contribution is -2.66. The summed E-state index contributed by atoms with van der Waals surface area (Å²) in [6.07, 6.45) is 13.4. The Bertz CT molecular complexity index is 766. The zero-order valence-electron chi connectivity index (χ0n) is 21.7. The van der Waals surface area contributed by atoms with Gasteiger partial charge < -0.3 is 5.11 Å². The van der Waals surface area contributed by atoms with Gasteiger partial charge in [0, 0.05) is 0 Å². The highest BCUT2D eigenvalue weighted by molar-refractivity contribution is 5.21. The Morgan fingerprint density at radius 2 is 1.45 bits per heavy atom. The number of allylic oxidation sites excluding steroid dienone is 1. The van der Waals surface area contributed by atoms with Crippen molar-refractivity contribution in [2.45, 2.75) is 119 Å². The molecule has 0 amide bonds. The maximum atomic E-state index is 10.9. The van der Waals surface area contributed by atoms with Crippen molar-refractivity contribution in [2.75, 3.05) is 0 Å². The SMILES string of the molecule is C=C(C)C1CCC2(C)CCC3(C)C(CCC4C5(C)CC[C@H](O)C(C)(C)C5CCC43C)C12. The molecule has 0 aromatic rings. The Morgan fingerprint density at radius 1 is 0.742 bits per heavy atom. The summed E-state index contributed by atoms with van der Waals surface area (Å²) in [6, 6.07) is 0. The average molecular weight is 427 g/mol. The van der Waals surface area contributed by atoms with E-state index < -0.39 is 0 Å². The van der Waals surface area contributed by atoms with Crippen LogP contribution in [-0.4, -0.2) is 11.2 Å². The number of fused-ring (bicyclic) bond motifs is 7. The Kier molecular flexibility index (Phi) is 4.82. The van der Waals surface area contributed by atoms with Gasteiger partial charge in [-0.15, -0.1) is 0 Å². The van der Waals surface area contributed by atoms with Crippen LogP contribution in [0.2, 0.25) is 0 Å². The first-order valence-electron chi connectivity index (χ1n) is 13.6. The Labute approximate surface area is 192 Å². The molecule has 5 aliphatic rings. The quantitative estimate of drug-likeness (QED) is 0.421. The third kappa shape index (κ3) is 2.65. The first kappa shape index (κ1) is 22.5. The molecule has 176 valence electrons. The minimum absolute atomic E-state index is 0.0632. The lowest BCUT2D eigenvalue weighted by atomic mass is 9.32. The molecule has 31 heavy (non-hydrogen) atoms. The van der Waals surface area contributed by atoms with Crippen molar-refractivity contribution >= 4 is 0 Å². The number of aliphatic hydroxyl groups is 1. The third-order valence-corrected chi connectivity index (χ3v) is 13.5. The second-order valence-electron chi connectivity index (χ2n) is 14.7. The van der Waals surface area contributed by atoms with E-state index in [-0.39, 0.29) is 11.5 Å². The molecule has 0 heterocycles. The fourth-order valence-electron chi connectivity index (χ4n) is 11.5. The Hall–Kier alpha value is -0.300. The van der Waals surface area contributed by atoms with Crippen molar-refractivity contribution in [2.24, 2.45) is 56.7 Å². The van der Waals surface area contributed by atoms with Crippen LogP contribution in [0.5, 0.6) is 0 Å². The van der Waals surface area contributed by atoms with E-state index in [1.54, 1.807) is 0 Å². The van der Waals surface area contributed by atoms with Crippen LogP contribution >= 0.6 is 0 Å². The lowest BCUT2D eigenvalue weighted by molar-refractivity contribution is -0.246. The van der Waals surface area contributed by atoms with Crippen molar-refractivity contribution in [3.05, 3.63) is 12.2 Å². The molecule has 5 fully saturated rings. The standard InChI is InChI=1S/C30H50O/c1-19(2)20-11-14-27(5)17-18-29(7)21(25(20)27)9-10-23-28(6)15-13-24(31)26(3,4)22(28)12-16-30(23,29)8/h20-25,31H,1,9-18H2,2-8H3/t20?,21?,22?,23?,24-,25?,27?,28?,29?,30?/m0/s1. The second kappa shape index (κ2) is 6.64.